The summed E-state index contributed by atoms with van der Waals surface area (Å²) in [5.41, 5.74) is 12.9. The first kappa shape index (κ1) is 28.2. The minimum Gasteiger partial charge on any atom is -0.456 e. The number of nitrogens with zero attached hydrogens (tertiary/aromatic N) is 3. The minimum absolute atomic E-state index is 0.172. The summed E-state index contributed by atoms with van der Waals surface area (Å²) >= 11 is 0. The zero-order valence-corrected chi connectivity index (χ0v) is 27.1. The zero-order chi connectivity index (χ0) is 32.4. The number of furan rings is 1. The van der Waals surface area contributed by atoms with Crippen LogP contribution in [0.3, 0.4) is 0 Å². The molecule has 2 aliphatic rings. The molecule has 1 spiro atoms. The molecule has 4 heteroatoms. The quantitative estimate of drug-likeness (QED) is 0.194. The largest absolute Gasteiger partial charge is 0.456 e. The van der Waals surface area contributed by atoms with Gasteiger partial charge in [-0.15, -0.1) is 0 Å². The number of rotatable bonds is 4. The predicted molar refractivity (Wildman–Crippen MR) is 198 cm³/mol. The van der Waals surface area contributed by atoms with Crippen LogP contribution < -0.4 is 0 Å². The molecule has 8 aromatic rings. The second-order valence-corrected chi connectivity index (χ2v) is 13.5. The molecule has 2 aromatic heterocycles. The SMILES string of the molecule is c1ccc(-c2nc(-c3ccccc3)nc(-c3ccc4c(c3)oc3cc(-c5ccc6c(c5)-c5ccccc5C65CCCCC5)ccc34)n2)cc1. The number of fused-ring (bicyclic) bond motifs is 8. The Bertz CT molecular complexity index is 2470. The van der Waals surface area contributed by atoms with E-state index >= 15 is 0 Å². The summed E-state index contributed by atoms with van der Waals surface area (Å²) in [7, 11) is 0. The van der Waals surface area contributed by atoms with Crippen LogP contribution in [0.1, 0.15) is 43.2 Å². The highest BCUT2D eigenvalue weighted by molar-refractivity contribution is 6.07. The molecule has 49 heavy (non-hydrogen) atoms. The second kappa shape index (κ2) is 11.1. The Morgan fingerprint density at radius 3 is 1.59 bits per heavy atom. The summed E-state index contributed by atoms with van der Waals surface area (Å²) in [6, 6.07) is 49.3. The molecule has 0 bridgehead atoms. The van der Waals surface area contributed by atoms with Gasteiger partial charge in [-0.1, -0.05) is 128 Å². The molecular weight excluding hydrogens is 599 g/mol. The third kappa shape index (κ3) is 4.55. The highest BCUT2D eigenvalue weighted by Crippen LogP contribution is 2.56. The molecule has 1 fully saturated rings. The molecule has 4 nitrogen and oxygen atoms in total. The van der Waals surface area contributed by atoms with Crippen molar-refractivity contribution in [2.45, 2.75) is 37.5 Å². The van der Waals surface area contributed by atoms with Gasteiger partial charge in [0.1, 0.15) is 11.2 Å². The molecule has 2 aliphatic carbocycles. The van der Waals surface area contributed by atoms with Crippen LogP contribution in [0.4, 0.5) is 0 Å². The Hall–Kier alpha value is -5.87. The molecule has 0 unspecified atom stereocenters. The van der Waals surface area contributed by atoms with E-state index in [9.17, 15) is 0 Å². The van der Waals surface area contributed by atoms with E-state index in [-0.39, 0.29) is 5.41 Å². The van der Waals surface area contributed by atoms with Crippen molar-refractivity contribution in [2.75, 3.05) is 0 Å². The molecule has 0 N–H and O–H groups in total. The average Bonchev–Trinajstić information content (AvgIpc) is 3.67. The lowest BCUT2D eigenvalue weighted by molar-refractivity contribution is 0.353. The Morgan fingerprint density at radius 1 is 0.408 bits per heavy atom. The van der Waals surface area contributed by atoms with Crippen molar-refractivity contribution in [1.29, 1.82) is 0 Å². The van der Waals surface area contributed by atoms with Crippen LogP contribution in [-0.2, 0) is 5.41 Å². The molecule has 0 amide bonds. The van der Waals surface area contributed by atoms with Crippen LogP contribution >= 0.6 is 0 Å². The molecule has 2 heterocycles. The van der Waals surface area contributed by atoms with Crippen LogP contribution in [0.15, 0.2) is 144 Å². The Labute approximate surface area is 285 Å². The smallest absolute Gasteiger partial charge is 0.164 e. The average molecular weight is 632 g/mol. The van der Waals surface area contributed by atoms with Gasteiger partial charge in [0, 0.05) is 32.9 Å². The summed E-state index contributed by atoms with van der Waals surface area (Å²) in [6.45, 7) is 0. The van der Waals surface area contributed by atoms with Gasteiger partial charge in [-0.05, 0) is 76.6 Å². The summed E-state index contributed by atoms with van der Waals surface area (Å²) in [6.07, 6.45) is 6.44. The lowest BCUT2D eigenvalue weighted by atomic mass is 9.68. The Kier molecular flexibility index (Phi) is 6.38. The van der Waals surface area contributed by atoms with Gasteiger partial charge in [-0.2, -0.15) is 0 Å². The van der Waals surface area contributed by atoms with Crippen LogP contribution in [0.25, 0.3) is 78.4 Å². The summed E-state index contributed by atoms with van der Waals surface area (Å²) in [5.74, 6) is 1.90. The van der Waals surface area contributed by atoms with Crippen LogP contribution in [-0.4, -0.2) is 15.0 Å². The van der Waals surface area contributed by atoms with E-state index in [1.807, 2.05) is 60.7 Å². The first-order valence-corrected chi connectivity index (χ1v) is 17.3. The minimum atomic E-state index is 0.172. The molecule has 10 rings (SSSR count). The van der Waals surface area contributed by atoms with E-state index in [1.165, 1.54) is 59.9 Å². The number of hydrogen-bond donors (Lipinski definition) is 0. The van der Waals surface area contributed by atoms with E-state index < -0.39 is 0 Å². The molecule has 0 aliphatic heterocycles. The van der Waals surface area contributed by atoms with Crippen molar-refractivity contribution in [2.24, 2.45) is 0 Å². The van der Waals surface area contributed by atoms with Crippen molar-refractivity contribution < 1.29 is 4.42 Å². The third-order valence-electron chi connectivity index (χ3n) is 10.7. The van der Waals surface area contributed by atoms with E-state index in [1.54, 1.807) is 0 Å². The van der Waals surface area contributed by atoms with Gasteiger partial charge in [0.05, 0.1) is 0 Å². The molecule has 6 aromatic carbocycles. The Morgan fingerprint density at radius 2 is 0.918 bits per heavy atom. The van der Waals surface area contributed by atoms with Gasteiger partial charge < -0.3 is 4.42 Å². The standard InChI is InChI=1S/C45H33N3O/c1-4-12-29(13-5-1)42-46-43(30-14-6-2-7-15-30)48-44(47-42)33-19-22-36-35-21-18-32(27-40(35)49-41(36)28-33)31-20-23-39-37(26-31)34-16-8-9-17-38(34)45(39)24-10-3-11-25-45/h1-2,4-9,12-23,26-28H,3,10-11,24-25H2. The maximum Gasteiger partial charge on any atom is 0.164 e. The monoisotopic (exact) mass is 631 g/mol. The van der Waals surface area contributed by atoms with Gasteiger partial charge >= 0.3 is 0 Å². The maximum atomic E-state index is 6.57. The van der Waals surface area contributed by atoms with Gasteiger partial charge in [0.15, 0.2) is 17.5 Å². The van der Waals surface area contributed by atoms with Crippen LogP contribution in [0, 0.1) is 0 Å². The van der Waals surface area contributed by atoms with E-state index in [0.29, 0.717) is 17.5 Å². The van der Waals surface area contributed by atoms with E-state index in [4.69, 9.17) is 19.4 Å². The fraction of sp³-hybridized carbons (Fsp3) is 0.133. The van der Waals surface area contributed by atoms with E-state index in [0.717, 1.165) is 44.2 Å². The summed E-state index contributed by atoms with van der Waals surface area (Å²) in [4.78, 5) is 14.7. The zero-order valence-electron chi connectivity index (χ0n) is 27.1. The lowest BCUT2D eigenvalue weighted by Gasteiger charge is -2.36. The third-order valence-corrected chi connectivity index (χ3v) is 10.7. The summed E-state index contributed by atoms with van der Waals surface area (Å²) < 4.78 is 6.57. The maximum absolute atomic E-state index is 6.57. The highest BCUT2D eigenvalue weighted by atomic mass is 16.3. The molecule has 0 saturated heterocycles. The van der Waals surface area contributed by atoms with Crippen LogP contribution in [0.5, 0.6) is 0 Å². The fourth-order valence-electron chi connectivity index (χ4n) is 8.37. The fourth-order valence-corrected chi connectivity index (χ4v) is 8.37. The van der Waals surface area contributed by atoms with Crippen molar-refractivity contribution in [1.82, 2.24) is 15.0 Å². The van der Waals surface area contributed by atoms with Crippen molar-refractivity contribution in [3.8, 4) is 56.4 Å². The molecule has 1 saturated carbocycles. The summed E-state index contributed by atoms with van der Waals surface area (Å²) in [5, 5.41) is 2.18. The van der Waals surface area contributed by atoms with E-state index in [2.05, 4.69) is 78.9 Å². The first-order valence-electron chi connectivity index (χ1n) is 17.3. The molecule has 0 radical (unpaired) electrons. The van der Waals surface area contributed by atoms with Crippen molar-refractivity contribution in [3.63, 3.8) is 0 Å². The first-order chi connectivity index (χ1) is 24.2. The number of benzene rings is 6. The van der Waals surface area contributed by atoms with Gasteiger partial charge in [0.2, 0.25) is 0 Å². The topological polar surface area (TPSA) is 51.8 Å². The number of aromatic nitrogens is 3. The van der Waals surface area contributed by atoms with Crippen molar-refractivity contribution >= 4 is 21.9 Å². The normalized spacial score (nSPS) is 14.7. The number of hydrogen-bond acceptors (Lipinski definition) is 4. The van der Waals surface area contributed by atoms with Gasteiger partial charge in [-0.3, -0.25) is 0 Å². The molecule has 234 valence electrons. The second-order valence-electron chi connectivity index (χ2n) is 13.5. The lowest BCUT2D eigenvalue weighted by Crippen LogP contribution is -2.27. The Balaban J connectivity index is 1.05. The molecule has 0 atom stereocenters. The predicted octanol–water partition coefficient (Wildman–Crippen LogP) is 11.7. The molecular formula is C45H33N3O. The van der Waals surface area contributed by atoms with Gasteiger partial charge in [-0.25, -0.2) is 15.0 Å². The highest BCUT2D eigenvalue weighted by Gasteiger charge is 2.43. The van der Waals surface area contributed by atoms with Crippen LogP contribution in [0.2, 0.25) is 0 Å². The van der Waals surface area contributed by atoms with Crippen molar-refractivity contribution in [3.05, 3.63) is 151 Å². The van der Waals surface area contributed by atoms with Gasteiger partial charge in [0.25, 0.3) is 0 Å².